The van der Waals surface area contributed by atoms with Gasteiger partial charge in [0, 0.05) is 42.1 Å². The Morgan fingerprint density at radius 1 is 0.931 bits per heavy atom. The van der Waals surface area contributed by atoms with Crippen molar-refractivity contribution in [1.82, 2.24) is 9.88 Å². The van der Waals surface area contributed by atoms with Crippen molar-refractivity contribution in [2.75, 3.05) is 36.3 Å². The van der Waals surface area contributed by atoms with Crippen LogP contribution in [0.1, 0.15) is 85.8 Å². The van der Waals surface area contributed by atoms with Crippen LogP contribution in [0.2, 0.25) is 0 Å². The normalized spacial score (nSPS) is 15.9. The van der Waals surface area contributed by atoms with Gasteiger partial charge in [0.25, 0.3) is 0 Å². The van der Waals surface area contributed by atoms with Crippen LogP contribution in [-0.4, -0.2) is 72.0 Å². The molecule has 1 atom stereocenters. The lowest BCUT2D eigenvalue weighted by atomic mass is 9.91. The van der Waals surface area contributed by atoms with Crippen LogP contribution in [0.15, 0.2) is 60.8 Å². The number of hydrogen-bond donors (Lipinski definition) is 2. The smallest absolute Gasteiger partial charge is 0.425 e. The fourth-order valence-electron chi connectivity index (χ4n) is 6.53. The molecule has 0 spiro atoms. The summed E-state index contributed by atoms with van der Waals surface area (Å²) < 4.78 is 52.4. The Balaban J connectivity index is 1.62. The van der Waals surface area contributed by atoms with Gasteiger partial charge in [-0.3, -0.25) is 10.1 Å². The van der Waals surface area contributed by atoms with Crippen LogP contribution in [0.4, 0.5) is 40.4 Å². The number of pyridine rings is 1. The number of alkyl halides is 2. The molecule has 308 valence electrons. The van der Waals surface area contributed by atoms with E-state index in [1.54, 1.807) is 65.8 Å². The van der Waals surface area contributed by atoms with E-state index in [-0.39, 0.29) is 40.3 Å². The Labute approximate surface area is 334 Å². The van der Waals surface area contributed by atoms with Gasteiger partial charge in [-0.1, -0.05) is 12.1 Å². The van der Waals surface area contributed by atoms with Crippen LogP contribution in [-0.2, 0) is 36.2 Å². The number of nitrogens with zero attached hydrogens (tertiary/aromatic N) is 3. The number of aromatic nitrogens is 1. The van der Waals surface area contributed by atoms with E-state index in [0.29, 0.717) is 27.6 Å². The molecule has 2 N–H and O–H groups in total. The van der Waals surface area contributed by atoms with Crippen LogP contribution < -0.4 is 15.5 Å². The Kier molecular flexibility index (Phi) is 12.0. The van der Waals surface area contributed by atoms with E-state index in [0.717, 1.165) is 4.90 Å². The zero-order valence-corrected chi connectivity index (χ0v) is 34.0. The lowest BCUT2D eigenvalue weighted by molar-refractivity contribution is -0.131. The molecular weight excluding hydrogens is 756 g/mol. The number of amides is 4. The number of methoxy groups -OCH3 is 1. The van der Waals surface area contributed by atoms with Crippen LogP contribution in [0, 0.1) is 13.8 Å². The van der Waals surface area contributed by atoms with Crippen molar-refractivity contribution in [1.29, 1.82) is 0 Å². The fraction of sp³-hybridized carbons (Fsp3) is 0.381. The van der Waals surface area contributed by atoms with E-state index >= 15 is 8.78 Å². The highest BCUT2D eigenvalue weighted by Gasteiger charge is 2.39. The second-order valence-electron chi connectivity index (χ2n) is 15.9. The van der Waals surface area contributed by atoms with Crippen molar-refractivity contribution in [2.45, 2.75) is 85.1 Å². The zero-order valence-electron chi connectivity index (χ0n) is 34.0. The predicted molar refractivity (Wildman–Crippen MR) is 212 cm³/mol. The number of carbonyl (C=O) groups is 5. The number of ether oxygens (including phenoxy) is 4. The highest BCUT2D eigenvalue weighted by Crippen LogP contribution is 2.37. The summed E-state index contributed by atoms with van der Waals surface area (Å²) in [6.07, 6.45) is -1.74. The molecule has 1 aromatic heterocycles. The highest BCUT2D eigenvalue weighted by atomic mass is 19.3. The maximum atomic E-state index is 15.7. The van der Waals surface area contributed by atoms with Gasteiger partial charge in [-0.25, -0.2) is 24.2 Å². The van der Waals surface area contributed by atoms with Gasteiger partial charge in [0.05, 0.1) is 12.7 Å². The zero-order chi connectivity index (χ0) is 42.9. The van der Waals surface area contributed by atoms with Crippen molar-refractivity contribution in [2.24, 2.45) is 0 Å². The Bertz CT molecular complexity index is 2230. The molecular formula is C42H47F2N5O9. The summed E-state index contributed by atoms with van der Waals surface area (Å²) >= 11 is 0. The molecule has 4 bridgehead atoms. The summed E-state index contributed by atoms with van der Waals surface area (Å²) in [6, 6.07) is 12.5. The van der Waals surface area contributed by atoms with E-state index in [4.69, 9.17) is 18.9 Å². The minimum atomic E-state index is -3.60. The summed E-state index contributed by atoms with van der Waals surface area (Å²) in [6.45, 7) is 11.5. The van der Waals surface area contributed by atoms with Gasteiger partial charge in [0.15, 0.2) is 12.4 Å². The lowest BCUT2D eigenvalue weighted by Gasteiger charge is -2.29. The molecule has 2 aliphatic heterocycles. The van der Waals surface area contributed by atoms with Crippen molar-refractivity contribution in [3.63, 3.8) is 0 Å². The first-order chi connectivity index (χ1) is 27.0. The number of aryl methyl sites for hydroxylation is 2. The molecule has 0 radical (unpaired) electrons. The Morgan fingerprint density at radius 3 is 2.14 bits per heavy atom. The average molecular weight is 804 g/mol. The van der Waals surface area contributed by atoms with Crippen LogP contribution in [0.3, 0.4) is 0 Å². The molecule has 0 aliphatic carbocycles. The van der Waals surface area contributed by atoms with Crippen molar-refractivity contribution >= 4 is 58.1 Å². The van der Waals surface area contributed by atoms with Gasteiger partial charge in [-0.05, 0) is 125 Å². The quantitative estimate of drug-likeness (QED) is 0.150. The second-order valence-corrected chi connectivity index (χ2v) is 15.9. The standard InChI is InChI=1S/C42H47F2N5O9/c1-23-17-26-18-24(2)32(23)42(43,44)22-56-37(52)47-29-12-14-31(36(51)55-10)27(20-29)21-48(9)35(50)33(26)46-28-11-13-30-25(19-28)15-16-45-34(30)49(38(53)57-40(3,4)5)39(54)58-41(6,7)8/h11-20,33,46H,21-22H2,1-10H3,(H,47,52). The first kappa shape index (κ1) is 42.8. The van der Waals surface area contributed by atoms with Crippen LogP contribution in [0.25, 0.3) is 10.8 Å². The van der Waals surface area contributed by atoms with Crippen molar-refractivity contribution in [3.8, 4) is 0 Å². The van der Waals surface area contributed by atoms with Crippen molar-refractivity contribution in [3.05, 3.63) is 94.2 Å². The summed E-state index contributed by atoms with van der Waals surface area (Å²) in [5.74, 6) is -4.85. The summed E-state index contributed by atoms with van der Waals surface area (Å²) in [5.41, 5.74) is -0.680. The van der Waals surface area contributed by atoms with Gasteiger partial charge >= 0.3 is 30.2 Å². The van der Waals surface area contributed by atoms with Gasteiger partial charge in [-0.15, -0.1) is 0 Å². The summed E-state index contributed by atoms with van der Waals surface area (Å²) in [4.78, 5) is 73.3. The number of halogens is 2. The van der Waals surface area contributed by atoms with E-state index in [2.05, 4.69) is 15.6 Å². The number of benzene rings is 3. The number of esters is 1. The second kappa shape index (κ2) is 16.3. The third-order valence-corrected chi connectivity index (χ3v) is 8.84. The summed E-state index contributed by atoms with van der Waals surface area (Å²) in [5, 5.41) is 6.54. The number of likely N-dealkylation sites (N-methyl/N-ethyl adjacent to an activating group) is 1. The summed E-state index contributed by atoms with van der Waals surface area (Å²) in [7, 11) is 2.71. The van der Waals surface area contributed by atoms with E-state index in [9.17, 15) is 24.0 Å². The Morgan fingerprint density at radius 2 is 1.55 bits per heavy atom. The molecule has 0 saturated heterocycles. The molecule has 16 heteroatoms. The van der Waals surface area contributed by atoms with Crippen LogP contribution >= 0.6 is 0 Å². The maximum absolute atomic E-state index is 15.7. The molecule has 2 aliphatic rings. The van der Waals surface area contributed by atoms with Crippen molar-refractivity contribution < 1.29 is 51.7 Å². The van der Waals surface area contributed by atoms with Gasteiger partial charge in [0.1, 0.15) is 17.2 Å². The predicted octanol–water partition coefficient (Wildman–Crippen LogP) is 8.78. The van der Waals surface area contributed by atoms with Gasteiger partial charge in [-0.2, -0.15) is 13.7 Å². The fourth-order valence-corrected chi connectivity index (χ4v) is 6.53. The SMILES string of the molecule is COC(=O)c1ccc2cc1CN(C)C(=O)C(Nc1ccc3c(N(C(=O)OC(C)(C)C)C(=O)OC(C)(C)C)nccc3c1)c1cc(C)c(c(C)c1)C(F)(F)COC(=O)N2. The number of imide groups is 1. The average Bonchev–Trinajstić information content (AvgIpc) is 3.10. The third kappa shape index (κ3) is 9.79. The molecule has 0 fully saturated rings. The monoisotopic (exact) mass is 803 g/mol. The number of fused-ring (bicyclic) bond motifs is 10. The minimum absolute atomic E-state index is 0.0559. The Hall–Kier alpha value is -6.32. The van der Waals surface area contributed by atoms with Gasteiger partial charge in [0.2, 0.25) is 5.91 Å². The molecule has 6 rings (SSSR count). The molecule has 58 heavy (non-hydrogen) atoms. The molecule has 0 saturated carbocycles. The number of anilines is 3. The molecule has 1 unspecified atom stereocenters. The topological polar surface area (TPSA) is 166 Å². The number of hydrogen-bond acceptors (Lipinski definition) is 11. The highest BCUT2D eigenvalue weighted by molar-refractivity contribution is 6.14. The molecule has 4 amide bonds. The van der Waals surface area contributed by atoms with E-state index in [1.807, 2.05) is 0 Å². The number of nitrogens with one attached hydrogen (secondary N) is 2. The first-order valence-electron chi connectivity index (χ1n) is 18.3. The van der Waals surface area contributed by atoms with E-state index < -0.39 is 59.9 Å². The third-order valence-electron chi connectivity index (χ3n) is 8.84. The van der Waals surface area contributed by atoms with Gasteiger partial charge < -0.3 is 29.2 Å². The molecule has 3 heterocycles. The molecule has 3 aromatic carbocycles. The van der Waals surface area contributed by atoms with Crippen LogP contribution in [0.5, 0.6) is 0 Å². The lowest BCUT2D eigenvalue weighted by Crippen LogP contribution is -2.44. The largest absolute Gasteiger partial charge is 0.465 e. The molecule has 14 nitrogen and oxygen atoms in total. The minimum Gasteiger partial charge on any atom is -0.465 e. The maximum Gasteiger partial charge on any atom is 0.425 e. The first-order valence-corrected chi connectivity index (χ1v) is 18.3. The molecule has 4 aromatic rings. The number of carbonyl (C=O) groups excluding carboxylic acids is 5. The number of rotatable bonds is 4. The van der Waals surface area contributed by atoms with E-state index in [1.165, 1.54) is 69.4 Å².